The number of nitrogens with two attached hydrogens (primary N) is 1. The minimum atomic E-state index is 0.0358. The number of anilines is 1. The van der Waals surface area contributed by atoms with Crippen LogP contribution in [-0.2, 0) is 4.74 Å². The van der Waals surface area contributed by atoms with E-state index in [0.29, 0.717) is 18.3 Å². The first-order chi connectivity index (χ1) is 8.77. The van der Waals surface area contributed by atoms with E-state index >= 15 is 0 Å². The lowest BCUT2D eigenvalue weighted by Gasteiger charge is -2.25. The number of pyridine rings is 1. The third kappa shape index (κ3) is 2.70. The summed E-state index contributed by atoms with van der Waals surface area (Å²) in [5.74, 6) is 0.0358. The van der Waals surface area contributed by atoms with E-state index in [4.69, 9.17) is 15.7 Å². The zero-order valence-electron chi connectivity index (χ0n) is 10.4. The molecule has 18 heavy (non-hydrogen) atoms. The molecule has 98 valence electrons. The average Bonchev–Trinajstić information content (AvgIpc) is 3.23. The fourth-order valence-corrected chi connectivity index (χ4v) is 1.95. The summed E-state index contributed by atoms with van der Waals surface area (Å²) < 4.78 is 5.13. The van der Waals surface area contributed by atoms with Crippen LogP contribution in [0, 0.1) is 0 Å². The SMILES string of the molecule is COCCN(c1cccnc1/C(N)=N/O)C1CC1. The van der Waals surface area contributed by atoms with Crippen LogP contribution in [0.15, 0.2) is 23.5 Å². The van der Waals surface area contributed by atoms with E-state index in [1.54, 1.807) is 13.3 Å². The maximum absolute atomic E-state index is 8.80. The van der Waals surface area contributed by atoms with Crippen LogP contribution < -0.4 is 10.6 Å². The second kappa shape index (κ2) is 5.68. The van der Waals surface area contributed by atoms with Gasteiger partial charge in [-0.05, 0) is 25.0 Å². The number of nitrogens with zero attached hydrogens (tertiary/aromatic N) is 3. The topological polar surface area (TPSA) is 84.0 Å². The number of rotatable bonds is 6. The van der Waals surface area contributed by atoms with Crippen LogP contribution in [0.25, 0.3) is 0 Å². The molecule has 3 N–H and O–H groups in total. The highest BCUT2D eigenvalue weighted by Gasteiger charge is 2.31. The molecule has 1 aliphatic rings. The van der Waals surface area contributed by atoms with Crippen molar-refractivity contribution in [1.82, 2.24) is 4.98 Å². The van der Waals surface area contributed by atoms with Crippen molar-refractivity contribution in [3.8, 4) is 0 Å². The summed E-state index contributed by atoms with van der Waals surface area (Å²) in [7, 11) is 1.68. The molecule has 0 spiro atoms. The minimum absolute atomic E-state index is 0.0358. The standard InChI is InChI=1S/C12H18N4O2/c1-18-8-7-16(9-4-5-9)10-3-2-6-14-11(10)12(13)15-17/h2-3,6,9,17H,4-5,7-8H2,1H3,(H2,13,15). The largest absolute Gasteiger partial charge is 0.409 e. The van der Waals surface area contributed by atoms with Crippen molar-refractivity contribution in [3.05, 3.63) is 24.0 Å². The van der Waals surface area contributed by atoms with E-state index in [0.717, 1.165) is 25.1 Å². The van der Waals surface area contributed by atoms with Crippen LogP contribution in [0.4, 0.5) is 5.69 Å². The maximum atomic E-state index is 8.80. The van der Waals surface area contributed by atoms with Gasteiger partial charge in [-0.15, -0.1) is 0 Å². The number of amidine groups is 1. The van der Waals surface area contributed by atoms with E-state index in [9.17, 15) is 0 Å². The highest BCUT2D eigenvalue weighted by molar-refractivity contribution is 6.00. The normalized spacial score (nSPS) is 15.7. The van der Waals surface area contributed by atoms with Gasteiger partial charge in [0.05, 0.1) is 12.3 Å². The molecule has 1 aromatic rings. The van der Waals surface area contributed by atoms with Crippen LogP contribution in [0.1, 0.15) is 18.5 Å². The Morgan fingerprint density at radius 3 is 3.06 bits per heavy atom. The monoisotopic (exact) mass is 250 g/mol. The number of ether oxygens (including phenoxy) is 1. The fourth-order valence-electron chi connectivity index (χ4n) is 1.95. The maximum Gasteiger partial charge on any atom is 0.190 e. The molecule has 1 aliphatic carbocycles. The van der Waals surface area contributed by atoms with Gasteiger partial charge < -0.3 is 20.6 Å². The van der Waals surface area contributed by atoms with Gasteiger partial charge in [0.1, 0.15) is 5.69 Å². The van der Waals surface area contributed by atoms with Crippen LogP contribution in [-0.4, -0.2) is 42.3 Å². The Morgan fingerprint density at radius 2 is 2.44 bits per heavy atom. The smallest absolute Gasteiger partial charge is 0.190 e. The zero-order valence-corrected chi connectivity index (χ0v) is 10.4. The third-order valence-electron chi connectivity index (χ3n) is 2.97. The van der Waals surface area contributed by atoms with E-state index in [1.807, 2.05) is 12.1 Å². The molecule has 6 heteroatoms. The summed E-state index contributed by atoms with van der Waals surface area (Å²) in [6.07, 6.45) is 3.96. The first kappa shape index (κ1) is 12.6. The molecule has 0 amide bonds. The summed E-state index contributed by atoms with van der Waals surface area (Å²) >= 11 is 0. The average molecular weight is 250 g/mol. The number of hydrogen-bond donors (Lipinski definition) is 2. The summed E-state index contributed by atoms with van der Waals surface area (Å²) in [5.41, 5.74) is 7.07. The van der Waals surface area contributed by atoms with Crippen molar-refractivity contribution in [2.24, 2.45) is 10.9 Å². The fraction of sp³-hybridized carbons (Fsp3) is 0.500. The van der Waals surface area contributed by atoms with Crippen molar-refractivity contribution in [1.29, 1.82) is 0 Å². The molecule has 0 aromatic carbocycles. The van der Waals surface area contributed by atoms with Gasteiger partial charge in [-0.3, -0.25) is 4.98 Å². The highest BCUT2D eigenvalue weighted by Crippen LogP contribution is 2.32. The second-order valence-corrected chi connectivity index (χ2v) is 4.27. The highest BCUT2D eigenvalue weighted by atomic mass is 16.5. The third-order valence-corrected chi connectivity index (χ3v) is 2.97. The summed E-state index contributed by atoms with van der Waals surface area (Å²) in [5, 5.41) is 11.8. The van der Waals surface area contributed by atoms with Gasteiger partial charge >= 0.3 is 0 Å². The quantitative estimate of drug-likeness (QED) is 0.337. The number of oxime groups is 1. The Hall–Kier alpha value is -1.82. The zero-order chi connectivity index (χ0) is 13.0. The summed E-state index contributed by atoms with van der Waals surface area (Å²) in [6, 6.07) is 4.30. The molecule has 0 saturated heterocycles. The molecular weight excluding hydrogens is 232 g/mol. The number of hydrogen-bond acceptors (Lipinski definition) is 5. The Kier molecular flexibility index (Phi) is 3.99. The van der Waals surface area contributed by atoms with Crippen LogP contribution in [0.3, 0.4) is 0 Å². The van der Waals surface area contributed by atoms with Gasteiger partial charge in [0.15, 0.2) is 5.84 Å². The molecule has 1 fully saturated rings. The molecule has 6 nitrogen and oxygen atoms in total. The molecular formula is C12H18N4O2. The predicted molar refractivity (Wildman–Crippen MR) is 69.0 cm³/mol. The molecule has 0 radical (unpaired) electrons. The predicted octanol–water partition coefficient (Wildman–Crippen LogP) is 0.791. The Bertz CT molecular complexity index is 432. The second-order valence-electron chi connectivity index (χ2n) is 4.27. The minimum Gasteiger partial charge on any atom is -0.409 e. The van der Waals surface area contributed by atoms with E-state index in [-0.39, 0.29) is 5.84 Å². The lowest BCUT2D eigenvalue weighted by atomic mass is 10.2. The summed E-state index contributed by atoms with van der Waals surface area (Å²) in [4.78, 5) is 6.40. The molecule has 1 saturated carbocycles. The van der Waals surface area contributed by atoms with Gasteiger partial charge in [0.2, 0.25) is 0 Å². The molecule has 1 heterocycles. The van der Waals surface area contributed by atoms with Crippen LogP contribution in [0.2, 0.25) is 0 Å². The Labute approximate surface area is 106 Å². The summed E-state index contributed by atoms with van der Waals surface area (Å²) in [6.45, 7) is 1.42. The van der Waals surface area contributed by atoms with E-state index in [2.05, 4.69) is 15.0 Å². The van der Waals surface area contributed by atoms with Crippen molar-refractivity contribution < 1.29 is 9.94 Å². The number of methoxy groups -OCH3 is 1. The first-order valence-corrected chi connectivity index (χ1v) is 5.96. The lowest BCUT2D eigenvalue weighted by molar-refractivity contribution is 0.205. The van der Waals surface area contributed by atoms with E-state index in [1.165, 1.54) is 0 Å². The van der Waals surface area contributed by atoms with Gasteiger partial charge in [-0.2, -0.15) is 0 Å². The van der Waals surface area contributed by atoms with Gasteiger partial charge in [-0.25, -0.2) is 0 Å². The Morgan fingerprint density at radius 1 is 1.67 bits per heavy atom. The van der Waals surface area contributed by atoms with Crippen molar-refractivity contribution in [2.75, 3.05) is 25.2 Å². The molecule has 0 atom stereocenters. The molecule has 0 aliphatic heterocycles. The molecule has 0 bridgehead atoms. The molecule has 1 aromatic heterocycles. The van der Waals surface area contributed by atoms with Crippen molar-refractivity contribution in [2.45, 2.75) is 18.9 Å². The van der Waals surface area contributed by atoms with E-state index < -0.39 is 0 Å². The van der Waals surface area contributed by atoms with Crippen LogP contribution >= 0.6 is 0 Å². The van der Waals surface area contributed by atoms with Gasteiger partial charge in [-0.1, -0.05) is 5.16 Å². The lowest BCUT2D eigenvalue weighted by Crippen LogP contribution is -2.32. The first-order valence-electron chi connectivity index (χ1n) is 5.96. The van der Waals surface area contributed by atoms with Crippen molar-refractivity contribution >= 4 is 11.5 Å². The van der Waals surface area contributed by atoms with Gasteiger partial charge in [0.25, 0.3) is 0 Å². The van der Waals surface area contributed by atoms with Crippen molar-refractivity contribution in [3.63, 3.8) is 0 Å². The number of aromatic nitrogens is 1. The van der Waals surface area contributed by atoms with Crippen LogP contribution in [0.5, 0.6) is 0 Å². The van der Waals surface area contributed by atoms with Gasteiger partial charge in [0, 0.05) is 25.9 Å². The molecule has 0 unspecified atom stereocenters. The molecule has 2 rings (SSSR count). The Balaban J connectivity index is 2.28.